The minimum Gasteiger partial charge on any atom is -0.330 e. The van der Waals surface area contributed by atoms with Crippen LogP contribution in [0, 0.1) is 0 Å². The zero-order chi connectivity index (χ0) is 12.5. The average molecular weight is 262 g/mol. The zero-order valence-corrected chi connectivity index (χ0v) is 10.9. The second-order valence-electron chi connectivity index (χ2n) is 4.74. The van der Waals surface area contributed by atoms with E-state index in [-0.39, 0.29) is 0 Å². The summed E-state index contributed by atoms with van der Waals surface area (Å²) in [5.74, 6) is 0.670. The Morgan fingerprint density at radius 3 is 2.89 bits per heavy atom. The lowest BCUT2D eigenvalue weighted by molar-refractivity contribution is 0.819. The number of nitrogens with zero attached hydrogens (tertiary/aromatic N) is 2. The molecular formula is C14H16ClN3. The first-order chi connectivity index (χ1) is 8.79. The van der Waals surface area contributed by atoms with E-state index in [9.17, 15) is 0 Å². The lowest BCUT2D eigenvalue weighted by Crippen LogP contribution is -2.08. The standard InChI is InChI=1S/C14H16ClN3/c15-12-2-1-3-14(11(12)6-8-16)18-9-7-13(17-18)10-4-5-10/h1-3,7,9-10H,4-6,8,16H2. The van der Waals surface area contributed by atoms with Crippen LogP contribution in [0.25, 0.3) is 5.69 Å². The van der Waals surface area contributed by atoms with Crippen LogP contribution < -0.4 is 5.73 Å². The van der Waals surface area contributed by atoms with Gasteiger partial charge in [-0.25, -0.2) is 4.68 Å². The predicted molar refractivity (Wildman–Crippen MR) is 73.3 cm³/mol. The first-order valence-corrected chi connectivity index (χ1v) is 6.71. The summed E-state index contributed by atoms with van der Waals surface area (Å²) in [7, 11) is 0. The second-order valence-corrected chi connectivity index (χ2v) is 5.14. The van der Waals surface area contributed by atoms with Crippen LogP contribution in [-0.4, -0.2) is 16.3 Å². The monoisotopic (exact) mass is 261 g/mol. The molecular weight excluding hydrogens is 246 g/mol. The predicted octanol–water partition coefficient (Wildman–Crippen LogP) is 2.90. The lowest BCUT2D eigenvalue weighted by Gasteiger charge is -2.10. The molecule has 2 aromatic rings. The molecule has 0 spiro atoms. The normalized spacial score (nSPS) is 15.0. The van der Waals surface area contributed by atoms with Crippen molar-refractivity contribution in [2.75, 3.05) is 6.54 Å². The summed E-state index contributed by atoms with van der Waals surface area (Å²) in [5.41, 5.74) is 8.96. The van der Waals surface area contributed by atoms with E-state index >= 15 is 0 Å². The molecule has 4 heteroatoms. The van der Waals surface area contributed by atoms with E-state index in [1.54, 1.807) is 0 Å². The molecule has 1 aliphatic rings. The molecule has 1 fully saturated rings. The van der Waals surface area contributed by atoms with Gasteiger partial charge in [0.1, 0.15) is 0 Å². The van der Waals surface area contributed by atoms with Crippen LogP contribution in [0.5, 0.6) is 0 Å². The summed E-state index contributed by atoms with van der Waals surface area (Å²) in [6.07, 6.45) is 5.32. The van der Waals surface area contributed by atoms with E-state index in [4.69, 9.17) is 17.3 Å². The molecule has 1 heterocycles. The van der Waals surface area contributed by atoms with Gasteiger partial charge in [-0.3, -0.25) is 0 Å². The van der Waals surface area contributed by atoms with Gasteiger partial charge in [0.25, 0.3) is 0 Å². The van der Waals surface area contributed by atoms with Crippen LogP contribution in [0.2, 0.25) is 5.02 Å². The van der Waals surface area contributed by atoms with Gasteiger partial charge in [0.05, 0.1) is 11.4 Å². The number of hydrogen-bond donors (Lipinski definition) is 1. The van der Waals surface area contributed by atoms with Gasteiger partial charge >= 0.3 is 0 Å². The number of halogens is 1. The van der Waals surface area contributed by atoms with Gasteiger partial charge in [-0.1, -0.05) is 17.7 Å². The number of rotatable bonds is 4. The Kier molecular flexibility index (Phi) is 3.10. The van der Waals surface area contributed by atoms with Gasteiger partial charge in [0, 0.05) is 17.1 Å². The van der Waals surface area contributed by atoms with Crippen LogP contribution in [0.3, 0.4) is 0 Å². The smallest absolute Gasteiger partial charge is 0.0692 e. The van der Waals surface area contributed by atoms with Gasteiger partial charge in [0.15, 0.2) is 0 Å². The summed E-state index contributed by atoms with van der Waals surface area (Å²) < 4.78 is 1.92. The summed E-state index contributed by atoms with van der Waals surface area (Å²) in [6, 6.07) is 8.00. The Bertz CT molecular complexity index is 558. The molecule has 2 N–H and O–H groups in total. The molecule has 18 heavy (non-hydrogen) atoms. The van der Waals surface area contributed by atoms with E-state index in [0.29, 0.717) is 12.5 Å². The van der Waals surface area contributed by atoms with Gasteiger partial charge < -0.3 is 5.73 Å². The van der Waals surface area contributed by atoms with Crippen molar-refractivity contribution in [1.82, 2.24) is 9.78 Å². The Morgan fingerprint density at radius 1 is 1.33 bits per heavy atom. The molecule has 3 nitrogen and oxygen atoms in total. The molecule has 0 amide bonds. The van der Waals surface area contributed by atoms with Crippen LogP contribution in [0.4, 0.5) is 0 Å². The van der Waals surface area contributed by atoms with Crippen LogP contribution in [0.15, 0.2) is 30.5 Å². The molecule has 0 bridgehead atoms. The van der Waals surface area contributed by atoms with E-state index in [0.717, 1.165) is 22.7 Å². The number of nitrogens with two attached hydrogens (primary N) is 1. The first-order valence-electron chi connectivity index (χ1n) is 6.33. The highest BCUT2D eigenvalue weighted by Gasteiger charge is 2.26. The van der Waals surface area contributed by atoms with Crippen LogP contribution in [0.1, 0.15) is 30.0 Å². The first kappa shape index (κ1) is 11.8. The minimum absolute atomic E-state index is 0.591. The molecule has 1 aromatic heterocycles. The second kappa shape index (κ2) is 4.75. The van der Waals surface area contributed by atoms with Crippen LogP contribution >= 0.6 is 11.6 Å². The van der Waals surface area contributed by atoms with Crippen molar-refractivity contribution in [3.8, 4) is 5.69 Å². The Balaban J connectivity index is 2.00. The number of benzene rings is 1. The molecule has 1 aliphatic carbocycles. The highest BCUT2D eigenvalue weighted by Crippen LogP contribution is 2.39. The zero-order valence-electron chi connectivity index (χ0n) is 10.1. The van der Waals surface area contributed by atoms with Gasteiger partial charge in [-0.15, -0.1) is 0 Å². The third kappa shape index (κ3) is 2.16. The fraction of sp³-hybridized carbons (Fsp3) is 0.357. The summed E-state index contributed by atoms with van der Waals surface area (Å²) in [6.45, 7) is 0.591. The maximum atomic E-state index is 6.24. The third-order valence-corrected chi connectivity index (χ3v) is 3.69. The molecule has 0 unspecified atom stereocenters. The Morgan fingerprint density at radius 2 is 2.17 bits per heavy atom. The molecule has 0 radical (unpaired) electrons. The van der Waals surface area contributed by atoms with Gasteiger partial charge in [0.2, 0.25) is 0 Å². The molecule has 94 valence electrons. The topological polar surface area (TPSA) is 43.8 Å². The summed E-state index contributed by atoms with van der Waals surface area (Å²) >= 11 is 6.24. The van der Waals surface area contributed by atoms with E-state index in [1.807, 2.05) is 29.1 Å². The van der Waals surface area contributed by atoms with E-state index < -0.39 is 0 Å². The average Bonchev–Trinajstić information content (AvgIpc) is 3.11. The SMILES string of the molecule is NCCc1c(Cl)cccc1-n1ccc(C2CC2)n1. The molecule has 3 rings (SSSR count). The quantitative estimate of drug-likeness (QED) is 0.920. The third-order valence-electron chi connectivity index (χ3n) is 3.34. The van der Waals surface area contributed by atoms with E-state index in [1.165, 1.54) is 18.5 Å². The van der Waals surface area contributed by atoms with Crippen molar-refractivity contribution >= 4 is 11.6 Å². The highest BCUT2D eigenvalue weighted by molar-refractivity contribution is 6.31. The largest absolute Gasteiger partial charge is 0.330 e. The minimum atomic E-state index is 0.591. The molecule has 0 aliphatic heterocycles. The maximum absolute atomic E-state index is 6.24. The highest BCUT2D eigenvalue weighted by atomic mass is 35.5. The Labute approximate surface area is 112 Å². The molecule has 0 saturated heterocycles. The van der Waals surface area contributed by atoms with Crippen molar-refractivity contribution in [2.45, 2.75) is 25.2 Å². The molecule has 0 atom stereocenters. The van der Waals surface area contributed by atoms with Crippen LogP contribution in [-0.2, 0) is 6.42 Å². The van der Waals surface area contributed by atoms with Crippen molar-refractivity contribution in [2.24, 2.45) is 5.73 Å². The van der Waals surface area contributed by atoms with Gasteiger partial charge in [-0.2, -0.15) is 5.10 Å². The summed E-state index contributed by atoms with van der Waals surface area (Å²) in [4.78, 5) is 0. The number of hydrogen-bond acceptors (Lipinski definition) is 2. The molecule has 1 aromatic carbocycles. The van der Waals surface area contributed by atoms with Crippen molar-refractivity contribution in [3.05, 3.63) is 46.7 Å². The number of aromatic nitrogens is 2. The lowest BCUT2D eigenvalue weighted by atomic mass is 10.1. The van der Waals surface area contributed by atoms with Crippen molar-refractivity contribution in [3.63, 3.8) is 0 Å². The Hall–Kier alpha value is -1.32. The molecule has 1 saturated carbocycles. The maximum Gasteiger partial charge on any atom is 0.0692 e. The van der Waals surface area contributed by atoms with Crippen molar-refractivity contribution in [1.29, 1.82) is 0 Å². The fourth-order valence-corrected chi connectivity index (χ4v) is 2.49. The van der Waals surface area contributed by atoms with Crippen molar-refractivity contribution < 1.29 is 0 Å². The summed E-state index contributed by atoms with van der Waals surface area (Å²) in [5, 5.41) is 5.41. The van der Waals surface area contributed by atoms with Gasteiger partial charge in [-0.05, 0) is 49.6 Å². The van der Waals surface area contributed by atoms with E-state index in [2.05, 4.69) is 11.2 Å². The fourth-order valence-electron chi connectivity index (χ4n) is 2.22.